The molecular formula is C25H33FN2O3. The van der Waals surface area contributed by atoms with Gasteiger partial charge in [0.15, 0.2) is 6.61 Å². The molecule has 0 spiro atoms. The standard InChI is InChI=1S/C25H33FN2O3/c1-6-19(5)27-25(30)23(7-2)28(15-20-9-11-21(26)12-10-20)24(29)16-31-22-13-8-17(3)18(4)14-22/h8-14,19,23H,6-7,15-16H2,1-5H3,(H,27,30)/t19-,23-/m1/s1. The van der Waals surface area contributed by atoms with Crippen LogP contribution in [0.3, 0.4) is 0 Å². The number of hydrogen-bond donors (Lipinski definition) is 1. The van der Waals surface area contributed by atoms with Crippen molar-refractivity contribution in [2.45, 2.75) is 66.1 Å². The second-order valence-electron chi connectivity index (χ2n) is 7.92. The number of ether oxygens (including phenoxy) is 1. The number of carbonyl (C=O) groups is 2. The highest BCUT2D eigenvalue weighted by atomic mass is 19.1. The molecule has 168 valence electrons. The van der Waals surface area contributed by atoms with Gasteiger partial charge in [-0.2, -0.15) is 0 Å². The van der Waals surface area contributed by atoms with Gasteiger partial charge in [0.25, 0.3) is 5.91 Å². The van der Waals surface area contributed by atoms with E-state index in [1.165, 1.54) is 17.0 Å². The van der Waals surface area contributed by atoms with Crippen LogP contribution in [-0.2, 0) is 16.1 Å². The lowest BCUT2D eigenvalue weighted by Gasteiger charge is -2.31. The van der Waals surface area contributed by atoms with Crippen LogP contribution in [0.25, 0.3) is 0 Å². The van der Waals surface area contributed by atoms with Crippen molar-refractivity contribution in [2.24, 2.45) is 0 Å². The Morgan fingerprint density at radius 1 is 1.03 bits per heavy atom. The van der Waals surface area contributed by atoms with Crippen LogP contribution in [0.4, 0.5) is 4.39 Å². The van der Waals surface area contributed by atoms with Crippen molar-refractivity contribution in [2.75, 3.05) is 6.61 Å². The summed E-state index contributed by atoms with van der Waals surface area (Å²) in [6.45, 7) is 9.80. The first-order valence-electron chi connectivity index (χ1n) is 10.8. The summed E-state index contributed by atoms with van der Waals surface area (Å²) in [5.74, 6) is -0.233. The van der Waals surface area contributed by atoms with Crippen LogP contribution in [0, 0.1) is 19.7 Å². The molecular weight excluding hydrogens is 395 g/mol. The second kappa shape index (κ2) is 11.5. The lowest BCUT2D eigenvalue weighted by Crippen LogP contribution is -2.51. The van der Waals surface area contributed by atoms with E-state index >= 15 is 0 Å². The number of aryl methyl sites for hydroxylation is 2. The van der Waals surface area contributed by atoms with E-state index in [-0.39, 0.29) is 36.8 Å². The van der Waals surface area contributed by atoms with Gasteiger partial charge in [0.1, 0.15) is 17.6 Å². The molecule has 31 heavy (non-hydrogen) atoms. The molecule has 2 aromatic carbocycles. The summed E-state index contributed by atoms with van der Waals surface area (Å²) in [6.07, 6.45) is 1.25. The third kappa shape index (κ3) is 7.09. The monoisotopic (exact) mass is 428 g/mol. The molecule has 0 bridgehead atoms. The zero-order valence-corrected chi connectivity index (χ0v) is 19.1. The molecule has 2 rings (SSSR count). The number of carbonyl (C=O) groups excluding carboxylic acids is 2. The summed E-state index contributed by atoms with van der Waals surface area (Å²) in [5.41, 5.74) is 2.97. The second-order valence-corrected chi connectivity index (χ2v) is 7.92. The van der Waals surface area contributed by atoms with Crippen LogP contribution >= 0.6 is 0 Å². The molecule has 0 saturated carbocycles. The largest absolute Gasteiger partial charge is 0.484 e. The van der Waals surface area contributed by atoms with Gasteiger partial charge in [-0.1, -0.05) is 32.0 Å². The van der Waals surface area contributed by atoms with Gasteiger partial charge in [-0.05, 0) is 74.6 Å². The number of hydrogen-bond acceptors (Lipinski definition) is 3. The van der Waals surface area contributed by atoms with E-state index in [9.17, 15) is 14.0 Å². The number of nitrogens with zero attached hydrogens (tertiary/aromatic N) is 1. The number of amides is 2. The van der Waals surface area contributed by atoms with Gasteiger partial charge in [0.05, 0.1) is 0 Å². The Hall–Kier alpha value is -2.89. The summed E-state index contributed by atoms with van der Waals surface area (Å²) in [7, 11) is 0. The number of rotatable bonds is 10. The van der Waals surface area contributed by atoms with Crippen molar-refractivity contribution < 1.29 is 18.7 Å². The quantitative estimate of drug-likeness (QED) is 0.604. The van der Waals surface area contributed by atoms with E-state index in [1.807, 2.05) is 52.8 Å². The van der Waals surface area contributed by atoms with Crippen LogP contribution in [0.5, 0.6) is 5.75 Å². The smallest absolute Gasteiger partial charge is 0.261 e. The van der Waals surface area contributed by atoms with Gasteiger partial charge in [0.2, 0.25) is 5.91 Å². The number of halogens is 1. The predicted molar refractivity (Wildman–Crippen MR) is 120 cm³/mol. The highest BCUT2D eigenvalue weighted by Gasteiger charge is 2.29. The van der Waals surface area contributed by atoms with Gasteiger partial charge < -0.3 is 15.0 Å². The Balaban J connectivity index is 2.21. The van der Waals surface area contributed by atoms with E-state index < -0.39 is 6.04 Å². The van der Waals surface area contributed by atoms with Gasteiger partial charge in [0, 0.05) is 12.6 Å². The fourth-order valence-electron chi connectivity index (χ4n) is 3.18. The first-order chi connectivity index (χ1) is 14.7. The van der Waals surface area contributed by atoms with Crippen molar-refractivity contribution in [3.8, 4) is 5.75 Å². The minimum absolute atomic E-state index is 0.0103. The molecule has 2 atom stereocenters. The minimum Gasteiger partial charge on any atom is -0.484 e. The Morgan fingerprint density at radius 2 is 1.71 bits per heavy atom. The highest BCUT2D eigenvalue weighted by Crippen LogP contribution is 2.18. The summed E-state index contributed by atoms with van der Waals surface area (Å²) in [6, 6.07) is 11.0. The van der Waals surface area contributed by atoms with E-state index in [4.69, 9.17) is 4.74 Å². The Kier molecular flexibility index (Phi) is 9.03. The predicted octanol–water partition coefficient (Wildman–Crippen LogP) is 4.54. The van der Waals surface area contributed by atoms with Crippen LogP contribution in [0.1, 0.15) is 50.3 Å². The minimum atomic E-state index is -0.644. The molecule has 0 aliphatic carbocycles. The van der Waals surface area contributed by atoms with Crippen molar-refractivity contribution in [1.29, 1.82) is 0 Å². The molecule has 5 nitrogen and oxygen atoms in total. The zero-order valence-electron chi connectivity index (χ0n) is 19.1. The molecule has 0 aliphatic rings. The van der Waals surface area contributed by atoms with Crippen LogP contribution in [-0.4, -0.2) is 35.4 Å². The molecule has 0 heterocycles. The van der Waals surface area contributed by atoms with Crippen LogP contribution in [0.2, 0.25) is 0 Å². The van der Waals surface area contributed by atoms with E-state index in [0.29, 0.717) is 12.2 Å². The average Bonchev–Trinajstić information content (AvgIpc) is 2.75. The van der Waals surface area contributed by atoms with Gasteiger partial charge in [-0.25, -0.2) is 4.39 Å². The topological polar surface area (TPSA) is 58.6 Å². The fourth-order valence-corrected chi connectivity index (χ4v) is 3.18. The molecule has 6 heteroatoms. The maximum atomic E-state index is 13.3. The van der Waals surface area contributed by atoms with Gasteiger partial charge in [-0.15, -0.1) is 0 Å². The summed E-state index contributed by atoms with van der Waals surface area (Å²) in [5, 5.41) is 2.96. The van der Waals surface area contributed by atoms with Crippen molar-refractivity contribution in [3.05, 3.63) is 65.0 Å². The SMILES string of the molecule is CC[C@@H](C)NC(=O)[C@@H](CC)N(Cc1ccc(F)cc1)C(=O)COc1ccc(C)c(C)c1. The van der Waals surface area contributed by atoms with Crippen molar-refractivity contribution in [3.63, 3.8) is 0 Å². The highest BCUT2D eigenvalue weighted by molar-refractivity contribution is 5.88. The summed E-state index contributed by atoms with van der Waals surface area (Å²) >= 11 is 0. The molecule has 0 aliphatic heterocycles. The Labute approximate surface area is 184 Å². The van der Waals surface area contributed by atoms with E-state index in [0.717, 1.165) is 23.1 Å². The fraction of sp³-hybridized carbons (Fsp3) is 0.440. The van der Waals surface area contributed by atoms with E-state index in [2.05, 4.69) is 5.32 Å². The molecule has 2 aromatic rings. The molecule has 0 unspecified atom stereocenters. The lowest BCUT2D eigenvalue weighted by molar-refractivity contribution is -0.143. The maximum Gasteiger partial charge on any atom is 0.261 e. The Morgan fingerprint density at radius 3 is 2.29 bits per heavy atom. The van der Waals surface area contributed by atoms with Crippen molar-refractivity contribution >= 4 is 11.8 Å². The molecule has 0 radical (unpaired) electrons. The normalized spacial score (nSPS) is 12.7. The molecule has 1 N–H and O–H groups in total. The molecule has 2 amide bonds. The van der Waals surface area contributed by atoms with Gasteiger partial charge in [-0.3, -0.25) is 9.59 Å². The molecule has 0 saturated heterocycles. The number of nitrogens with one attached hydrogen (secondary N) is 1. The van der Waals surface area contributed by atoms with Crippen molar-refractivity contribution in [1.82, 2.24) is 10.2 Å². The van der Waals surface area contributed by atoms with E-state index in [1.54, 1.807) is 12.1 Å². The molecule has 0 fully saturated rings. The maximum absolute atomic E-state index is 13.3. The van der Waals surface area contributed by atoms with Gasteiger partial charge >= 0.3 is 0 Å². The van der Waals surface area contributed by atoms with Crippen LogP contribution in [0.15, 0.2) is 42.5 Å². The average molecular weight is 429 g/mol. The summed E-state index contributed by atoms with van der Waals surface area (Å²) < 4.78 is 19.1. The summed E-state index contributed by atoms with van der Waals surface area (Å²) in [4.78, 5) is 27.6. The first-order valence-corrected chi connectivity index (χ1v) is 10.8. The number of benzene rings is 2. The third-order valence-corrected chi connectivity index (χ3v) is 5.49. The first kappa shape index (κ1) is 24.4. The molecule has 0 aromatic heterocycles. The third-order valence-electron chi connectivity index (χ3n) is 5.49. The zero-order chi connectivity index (χ0) is 23.0. The Bertz CT molecular complexity index is 883. The van der Waals surface area contributed by atoms with Crippen LogP contribution < -0.4 is 10.1 Å². The lowest BCUT2D eigenvalue weighted by atomic mass is 10.1.